The van der Waals surface area contributed by atoms with Crippen LogP contribution >= 0.6 is 0 Å². The molecule has 1 fully saturated rings. The Labute approximate surface area is 204 Å². The molecule has 3 N–H and O–H groups in total. The highest BCUT2D eigenvalue weighted by Crippen LogP contribution is 2.22. The maximum atomic E-state index is 12.4. The zero-order valence-electron chi connectivity index (χ0n) is 19.1. The maximum Gasteiger partial charge on any atom is 0.262 e. The van der Waals surface area contributed by atoms with Gasteiger partial charge < -0.3 is 15.4 Å². The molecule has 0 bridgehead atoms. The van der Waals surface area contributed by atoms with Crippen LogP contribution in [0, 0.1) is 0 Å². The number of ether oxygens (including phenoxy) is 1. The van der Waals surface area contributed by atoms with Gasteiger partial charge in [0.15, 0.2) is 6.61 Å². The van der Waals surface area contributed by atoms with Crippen molar-refractivity contribution in [1.29, 1.82) is 0 Å². The van der Waals surface area contributed by atoms with Crippen LogP contribution < -0.4 is 20.1 Å². The summed E-state index contributed by atoms with van der Waals surface area (Å²) in [5.74, 6) is -0.00790. The molecule has 2 amide bonds. The van der Waals surface area contributed by atoms with E-state index in [9.17, 15) is 18.0 Å². The summed E-state index contributed by atoms with van der Waals surface area (Å²) in [6.45, 7) is -0.159. The van der Waals surface area contributed by atoms with Crippen LogP contribution in [0.4, 0.5) is 11.4 Å². The molecule has 35 heavy (non-hydrogen) atoms. The van der Waals surface area contributed by atoms with E-state index in [0.29, 0.717) is 23.5 Å². The van der Waals surface area contributed by atoms with Crippen LogP contribution in [0.15, 0.2) is 83.8 Å². The molecule has 0 aliphatic heterocycles. The number of carbonyl (C=O) groups is 2. The smallest absolute Gasteiger partial charge is 0.262 e. The van der Waals surface area contributed by atoms with Crippen molar-refractivity contribution < 1.29 is 22.7 Å². The van der Waals surface area contributed by atoms with Gasteiger partial charge in [0, 0.05) is 29.9 Å². The Hall–Kier alpha value is -3.69. The lowest BCUT2D eigenvalue weighted by molar-refractivity contribution is -0.118. The zero-order chi connectivity index (χ0) is 24.7. The molecule has 0 aromatic heterocycles. The largest absolute Gasteiger partial charge is 0.484 e. The number of nitrogens with one attached hydrogen (secondary N) is 3. The van der Waals surface area contributed by atoms with Gasteiger partial charge in [-0.05, 0) is 61.2 Å². The van der Waals surface area contributed by atoms with Crippen LogP contribution in [0.25, 0.3) is 0 Å². The van der Waals surface area contributed by atoms with E-state index in [1.165, 1.54) is 0 Å². The van der Waals surface area contributed by atoms with Crippen molar-refractivity contribution >= 4 is 33.2 Å². The van der Waals surface area contributed by atoms with Crippen molar-refractivity contribution in [2.24, 2.45) is 0 Å². The first kappa shape index (κ1) is 24.4. The molecule has 3 aromatic carbocycles. The highest BCUT2D eigenvalue weighted by Gasteiger charge is 2.27. The van der Waals surface area contributed by atoms with Crippen LogP contribution in [-0.2, 0) is 26.0 Å². The van der Waals surface area contributed by atoms with Gasteiger partial charge in [-0.1, -0.05) is 36.4 Å². The van der Waals surface area contributed by atoms with E-state index in [2.05, 4.69) is 15.4 Å². The van der Waals surface area contributed by atoms with E-state index < -0.39 is 10.0 Å². The zero-order valence-corrected chi connectivity index (χ0v) is 19.9. The van der Waals surface area contributed by atoms with Crippen molar-refractivity contribution in [1.82, 2.24) is 4.72 Å². The molecule has 0 saturated heterocycles. The summed E-state index contributed by atoms with van der Waals surface area (Å²) in [7, 11) is -3.48. The standard InChI is InChI=1S/C26H27N3O5S/c30-25(16-11-19-9-14-24(15-10-19)35(32,33)29-21-12-13-21)28-22-7-4-8-23(17-22)34-18-26(31)27-20-5-2-1-3-6-20/h1-10,14-15,17,21,29H,11-13,16,18H2,(H,27,31)(H,28,30). The van der Waals surface area contributed by atoms with E-state index in [4.69, 9.17) is 4.74 Å². The maximum absolute atomic E-state index is 12.4. The second kappa shape index (κ2) is 11.2. The minimum atomic E-state index is -3.48. The molecule has 0 atom stereocenters. The van der Waals surface area contributed by atoms with E-state index in [1.807, 2.05) is 18.2 Å². The van der Waals surface area contributed by atoms with Gasteiger partial charge in [-0.2, -0.15) is 0 Å². The number of aryl methyl sites for hydroxylation is 1. The molecule has 0 radical (unpaired) electrons. The van der Waals surface area contributed by atoms with Gasteiger partial charge in [-0.25, -0.2) is 13.1 Å². The first-order chi connectivity index (χ1) is 16.9. The van der Waals surface area contributed by atoms with Gasteiger partial charge >= 0.3 is 0 Å². The molecule has 0 heterocycles. The molecule has 1 saturated carbocycles. The lowest BCUT2D eigenvalue weighted by Gasteiger charge is -2.10. The van der Waals surface area contributed by atoms with Crippen LogP contribution in [0.3, 0.4) is 0 Å². The molecule has 1 aliphatic rings. The third-order valence-corrected chi connectivity index (χ3v) is 6.86. The third kappa shape index (κ3) is 7.66. The number of carbonyl (C=O) groups excluding carboxylic acids is 2. The summed E-state index contributed by atoms with van der Waals surface area (Å²) in [5, 5.41) is 5.56. The van der Waals surface area contributed by atoms with Gasteiger partial charge in [-0.3, -0.25) is 9.59 Å². The summed E-state index contributed by atoms with van der Waals surface area (Å²) in [6.07, 6.45) is 2.46. The van der Waals surface area contributed by atoms with E-state index in [-0.39, 0.29) is 35.8 Å². The number of para-hydroxylation sites is 1. The fourth-order valence-corrected chi connectivity index (χ4v) is 4.64. The minimum Gasteiger partial charge on any atom is -0.484 e. The molecular formula is C26H27N3O5S. The number of anilines is 2. The minimum absolute atomic E-state index is 0.0544. The van der Waals surface area contributed by atoms with Crippen molar-refractivity contribution in [3.8, 4) is 5.75 Å². The lowest BCUT2D eigenvalue weighted by atomic mass is 10.1. The van der Waals surface area contributed by atoms with Crippen molar-refractivity contribution in [3.63, 3.8) is 0 Å². The van der Waals surface area contributed by atoms with Crippen LogP contribution in [0.5, 0.6) is 5.75 Å². The van der Waals surface area contributed by atoms with E-state index in [0.717, 1.165) is 18.4 Å². The first-order valence-electron chi connectivity index (χ1n) is 11.4. The van der Waals surface area contributed by atoms with Gasteiger partial charge in [0.05, 0.1) is 4.90 Å². The quantitative estimate of drug-likeness (QED) is 0.377. The first-order valence-corrected chi connectivity index (χ1v) is 12.8. The monoisotopic (exact) mass is 493 g/mol. The van der Waals surface area contributed by atoms with Crippen molar-refractivity contribution in [2.75, 3.05) is 17.2 Å². The second-order valence-corrected chi connectivity index (χ2v) is 10.0. The van der Waals surface area contributed by atoms with Crippen molar-refractivity contribution in [3.05, 3.63) is 84.4 Å². The second-order valence-electron chi connectivity index (χ2n) is 8.32. The number of hydrogen-bond donors (Lipinski definition) is 3. The number of amides is 2. The molecule has 0 unspecified atom stereocenters. The average Bonchev–Trinajstić information content (AvgIpc) is 3.66. The van der Waals surface area contributed by atoms with Gasteiger partial charge in [0.25, 0.3) is 5.91 Å². The Bertz CT molecular complexity index is 1270. The van der Waals surface area contributed by atoms with Crippen molar-refractivity contribution in [2.45, 2.75) is 36.6 Å². The van der Waals surface area contributed by atoms with Gasteiger partial charge in [-0.15, -0.1) is 0 Å². The highest BCUT2D eigenvalue weighted by molar-refractivity contribution is 7.89. The lowest BCUT2D eigenvalue weighted by Crippen LogP contribution is -2.25. The summed E-state index contributed by atoms with van der Waals surface area (Å²) in [4.78, 5) is 24.7. The number of rotatable bonds is 11. The summed E-state index contributed by atoms with van der Waals surface area (Å²) >= 11 is 0. The van der Waals surface area contributed by atoms with Gasteiger partial charge in [0.2, 0.25) is 15.9 Å². The molecule has 182 valence electrons. The van der Waals surface area contributed by atoms with Crippen LogP contribution in [0.1, 0.15) is 24.8 Å². The Morgan fingerprint density at radius 3 is 2.23 bits per heavy atom. The Morgan fingerprint density at radius 1 is 0.829 bits per heavy atom. The highest BCUT2D eigenvalue weighted by atomic mass is 32.2. The number of benzene rings is 3. The molecule has 0 spiro atoms. The Kier molecular flexibility index (Phi) is 7.79. The molecule has 1 aliphatic carbocycles. The SMILES string of the molecule is O=C(CCc1ccc(S(=O)(=O)NC2CC2)cc1)Nc1cccc(OCC(=O)Nc2ccccc2)c1. The molecule has 9 heteroatoms. The number of hydrogen-bond acceptors (Lipinski definition) is 5. The normalized spacial score (nSPS) is 13.1. The Morgan fingerprint density at radius 2 is 1.51 bits per heavy atom. The molecular weight excluding hydrogens is 466 g/mol. The van der Waals surface area contributed by atoms with Crippen LogP contribution in [-0.4, -0.2) is 32.9 Å². The summed E-state index contributed by atoms with van der Waals surface area (Å²) in [5.41, 5.74) is 2.11. The summed E-state index contributed by atoms with van der Waals surface area (Å²) in [6, 6.07) is 22.6. The third-order valence-electron chi connectivity index (χ3n) is 5.32. The average molecular weight is 494 g/mol. The van der Waals surface area contributed by atoms with Gasteiger partial charge in [0.1, 0.15) is 5.75 Å². The topological polar surface area (TPSA) is 114 Å². The fraction of sp³-hybridized carbons (Fsp3) is 0.231. The molecule has 4 rings (SSSR count). The fourth-order valence-electron chi connectivity index (χ4n) is 3.34. The molecule has 8 nitrogen and oxygen atoms in total. The predicted octanol–water partition coefficient (Wildman–Crippen LogP) is 3.72. The molecule has 3 aromatic rings. The van der Waals surface area contributed by atoms with E-state index >= 15 is 0 Å². The van der Waals surface area contributed by atoms with E-state index in [1.54, 1.807) is 60.7 Å². The summed E-state index contributed by atoms with van der Waals surface area (Å²) < 4.78 is 32.7. The van der Waals surface area contributed by atoms with Crippen LogP contribution in [0.2, 0.25) is 0 Å². The predicted molar refractivity (Wildman–Crippen MR) is 134 cm³/mol. The number of sulfonamides is 1. The Balaban J connectivity index is 1.23.